The van der Waals surface area contributed by atoms with E-state index in [4.69, 9.17) is 10.5 Å². The summed E-state index contributed by atoms with van der Waals surface area (Å²) in [5.41, 5.74) is 8.07. The van der Waals surface area contributed by atoms with Gasteiger partial charge in [0.2, 0.25) is 0 Å². The Kier molecular flexibility index (Phi) is 5.16. The van der Waals surface area contributed by atoms with Gasteiger partial charge in [0.25, 0.3) is 5.91 Å². The molecule has 1 unspecified atom stereocenters. The Morgan fingerprint density at radius 2 is 2.17 bits per heavy atom. The van der Waals surface area contributed by atoms with Gasteiger partial charge in [0.15, 0.2) is 0 Å². The van der Waals surface area contributed by atoms with Crippen molar-refractivity contribution in [2.45, 2.75) is 26.8 Å². The highest BCUT2D eigenvalue weighted by Crippen LogP contribution is 2.15. The lowest BCUT2D eigenvalue weighted by Crippen LogP contribution is -2.40. The fourth-order valence-corrected chi connectivity index (χ4v) is 1.96. The molecule has 1 aromatic rings. The molecular formula is C14H22N2O2. The Labute approximate surface area is 109 Å². The van der Waals surface area contributed by atoms with Gasteiger partial charge in [0.1, 0.15) is 0 Å². The Morgan fingerprint density at radius 1 is 1.50 bits per heavy atom. The molecule has 0 aliphatic heterocycles. The summed E-state index contributed by atoms with van der Waals surface area (Å²) in [6, 6.07) is 5.44. The third-order valence-electron chi connectivity index (χ3n) is 3.06. The van der Waals surface area contributed by atoms with Crippen LogP contribution in [0.25, 0.3) is 0 Å². The number of amides is 1. The molecule has 100 valence electrons. The van der Waals surface area contributed by atoms with E-state index >= 15 is 0 Å². The van der Waals surface area contributed by atoms with Crippen molar-refractivity contribution in [1.82, 2.24) is 4.90 Å². The maximum atomic E-state index is 12.4. The van der Waals surface area contributed by atoms with Crippen LogP contribution in [0, 0.1) is 6.92 Å². The number of likely N-dealkylation sites (N-methyl/N-ethyl adjacent to an activating group) is 1. The number of hydrogen-bond donors (Lipinski definition) is 1. The maximum Gasteiger partial charge on any atom is 0.254 e. The zero-order chi connectivity index (χ0) is 13.7. The van der Waals surface area contributed by atoms with Gasteiger partial charge in [-0.25, -0.2) is 0 Å². The molecule has 0 saturated carbocycles. The predicted molar refractivity (Wildman–Crippen MR) is 73.6 cm³/mol. The number of anilines is 1. The zero-order valence-electron chi connectivity index (χ0n) is 11.6. The number of rotatable bonds is 5. The fraction of sp³-hybridized carbons (Fsp3) is 0.500. The third-order valence-corrected chi connectivity index (χ3v) is 3.06. The molecule has 4 nitrogen and oxygen atoms in total. The van der Waals surface area contributed by atoms with Crippen LogP contribution in [0.5, 0.6) is 0 Å². The number of methoxy groups -OCH3 is 1. The van der Waals surface area contributed by atoms with Crippen LogP contribution in [0.2, 0.25) is 0 Å². The zero-order valence-corrected chi connectivity index (χ0v) is 11.6. The quantitative estimate of drug-likeness (QED) is 0.814. The number of hydrogen-bond acceptors (Lipinski definition) is 3. The van der Waals surface area contributed by atoms with Crippen LogP contribution >= 0.6 is 0 Å². The number of benzene rings is 1. The normalized spacial score (nSPS) is 12.2. The van der Waals surface area contributed by atoms with Crippen molar-refractivity contribution in [1.29, 1.82) is 0 Å². The Balaban J connectivity index is 2.92. The lowest BCUT2D eigenvalue weighted by Gasteiger charge is -2.27. The molecule has 1 rings (SSSR count). The van der Waals surface area contributed by atoms with Crippen molar-refractivity contribution in [3.8, 4) is 0 Å². The molecule has 0 saturated heterocycles. The highest BCUT2D eigenvalue weighted by molar-refractivity contribution is 5.95. The van der Waals surface area contributed by atoms with E-state index in [1.165, 1.54) is 0 Å². The summed E-state index contributed by atoms with van der Waals surface area (Å²) in [7, 11) is 1.64. The van der Waals surface area contributed by atoms with Gasteiger partial charge < -0.3 is 15.4 Å². The maximum absolute atomic E-state index is 12.4. The van der Waals surface area contributed by atoms with Crippen molar-refractivity contribution in [3.05, 3.63) is 29.3 Å². The molecule has 0 radical (unpaired) electrons. The average molecular weight is 250 g/mol. The van der Waals surface area contributed by atoms with E-state index in [-0.39, 0.29) is 11.9 Å². The van der Waals surface area contributed by atoms with E-state index in [0.717, 1.165) is 5.56 Å². The number of nitrogen functional groups attached to an aromatic ring is 1. The third kappa shape index (κ3) is 3.23. The van der Waals surface area contributed by atoms with Crippen LogP contribution in [0.15, 0.2) is 18.2 Å². The van der Waals surface area contributed by atoms with Crippen molar-refractivity contribution < 1.29 is 9.53 Å². The summed E-state index contributed by atoms with van der Waals surface area (Å²) >= 11 is 0. The summed E-state index contributed by atoms with van der Waals surface area (Å²) in [6.07, 6.45) is 0. The molecular weight excluding hydrogens is 228 g/mol. The van der Waals surface area contributed by atoms with Gasteiger partial charge in [-0.2, -0.15) is 0 Å². The highest BCUT2D eigenvalue weighted by atomic mass is 16.5. The number of carbonyl (C=O) groups excluding carboxylic acids is 1. The summed E-state index contributed by atoms with van der Waals surface area (Å²) in [6.45, 7) is 7.05. The van der Waals surface area contributed by atoms with Crippen LogP contribution in [0.4, 0.5) is 5.69 Å². The molecule has 1 atom stereocenters. The van der Waals surface area contributed by atoms with Crippen LogP contribution < -0.4 is 5.73 Å². The summed E-state index contributed by atoms with van der Waals surface area (Å²) in [4.78, 5) is 14.2. The van der Waals surface area contributed by atoms with E-state index in [2.05, 4.69) is 0 Å². The SMILES string of the molecule is CCN(C(=O)c1ccc(N)c(C)c1)C(C)COC. The van der Waals surface area contributed by atoms with Gasteiger partial charge in [-0.1, -0.05) is 0 Å². The molecule has 0 aliphatic carbocycles. The van der Waals surface area contributed by atoms with Gasteiger partial charge in [-0.05, 0) is 44.5 Å². The first-order chi connectivity index (χ1) is 8.51. The second-order valence-corrected chi connectivity index (χ2v) is 4.47. The minimum atomic E-state index is 0.0187. The van der Waals surface area contributed by atoms with Gasteiger partial charge in [-0.15, -0.1) is 0 Å². The first-order valence-electron chi connectivity index (χ1n) is 6.17. The molecule has 0 fully saturated rings. The lowest BCUT2D eigenvalue weighted by atomic mass is 10.1. The first-order valence-corrected chi connectivity index (χ1v) is 6.17. The Morgan fingerprint density at radius 3 is 2.67 bits per heavy atom. The second-order valence-electron chi connectivity index (χ2n) is 4.47. The van der Waals surface area contributed by atoms with E-state index in [0.29, 0.717) is 24.4 Å². The van der Waals surface area contributed by atoms with Crippen LogP contribution in [0.3, 0.4) is 0 Å². The van der Waals surface area contributed by atoms with Crippen molar-refractivity contribution >= 4 is 11.6 Å². The molecule has 1 amide bonds. The molecule has 0 heterocycles. The Bertz CT molecular complexity index is 418. The van der Waals surface area contributed by atoms with Gasteiger partial charge >= 0.3 is 0 Å². The molecule has 4 heteroatoms. The minimum absolute atomic E-state index is 0.0187. The van der Waals surface area contributed by atoms with E-state index < -0.39 is 0 Å². The van der Waals surface area contributed by atoms with Gasteiger partial charge in [0.05, 0.1) is 12.6 Å². The number of nitrogens with zero attached hydrogens (tertiary/aromatic N) is 1. The number of carbonyl (C=O) groups is 1. The summed E-state index contributed by atoms with van der Waals surface area (Å²) < 4.78 is 5.10. The molecule has 18 heavy (non-hydrogen) atoms. The van der Waals surface area contributed by atoms with Gasteiger partial charge in [0, 0.05) is 24.9 Å². The van der Waals surface area contributed by atoms with Crippen LogP contribution in [-0.2, 0) is 4.74 Å². The van der Waals surface area contributed by atoms with E-state index in [9.17, 15) is 4.79 Å². The molecule has 2 N–H and O–H groups in total. The molecule has 0 bridgehead atoms. The second kappa shape index (κ2) is 6.40. The summed E-state index contributed by atoms with van der Waals surface area (Å²) in [5.74, 6) is 0.0187. The number of nitrogens with two attached hydrogens (primary N) is 1. The first kappa shape index (κ1) is 14.5. The Hall–Kier alpha value is -1.55. The smallest absolute Gasteiger partial charge is 0.254 e. The standard InChI is InChI=1S/C14H22N2O2/c1-5-16(11(3)9-18-4)14(17)12-6-7-13(15)10(2)8-12/h6-8,11H,5,9,15H2,1-4H3. The van der Waals surface area contributed by atoms with E-state index in [1.807, 2.05) is 26.8 Å². The lowest BCUT2D eigenvalue weighted by molar-refractivity contribution is 0.0579. The van der Waals surface area contributed by atoms with Crippen LogP contribution in [-0.4, -0.2) is 37.1 Å². The number of ether oxygens (including phenoxy) is 1. The van der Waals surface area contributed by atoms with E-state index in [1.54, 1.807) is 24.1 Å². The van der Waals surface area contributed by atoms with Crippen molar-refractivity contribution in [2.75, 3.05) is 26.0 Å². The molecule has 0 aliphatic rings. The van der Waals surface area contributed by atoms with Crippen LogP contribution in [0.1, 0.15) is 29.8 Å². The number of aryl methyl sites for hydroxylation is 1. The topological polar surface area (TPSA) is 55.6 Å². The largest absolute Gasteiger partial charge is 0.399 e. The molecule has 0 spiro atoms. The van der Waals surface area contributed by atoms with Gasteiger partial charge in [-0.3, -0.25) is 4.79 Å². The van der Waals surface area contributed by atoms with Crippen molar-refractivity contribution in [3.63, 3.8) is 0 Å². The highest BCUT2D eigenvalue weighted by Gasteiger charge is 2.20. The average Bonchev–Trinajstić information content (AvgIpc) is 2.33. The summed E-state index contributed by atoms with van der Waals surface area (Å²) in [5, 5.41) is 0. The molecule has 1 aromatic carbocycles. The molecule has 0 aromatic heterocycles. The minimum Gasteiger partial charge on any atom is -0.399 e. The fourth-order valence-electron chi connectivity index (χ4n) is 1.96. The predicted octanol–water partition coefficient (Wildman–Crippen LogP) is 2.07. The monoisotopic (exact) mass is 250 g/mol. The van der Waals surface area contributed by atoms with Crippen molar-refractivity contribution in [2.24, 2.45) is 0 Å².